The Morgan fingerprint density at radius 3 is 2.89 bits per heavy atom. The molecule has 1 aromatic rings. The van der Waals surface area contributed by atoms with Crippen LogP contribution in [0.15, 0.2) is 18.2 Å². The molecule has 0 radical (unpaired) electrons. The summed E-state index contributed by atoms with van der Waals surface area (Å²) in [5, 5.41) is 3.22. The zero-order valence-electron chi connectivity index (χ0n) is 11.0. The van der Waals surface area contributed by atoms with Gasteiger partial charge in [-0.15, -0.1) is 12.4 Å². The zero-order valence-corrected chi connectivity index (χ0v) is 11.8. The Labute approximate surface area is 118 Å². The van der Waals surface area contributed by atoms with Gasteiger partial charge in [0.05, 0.1) is 7.11 Å². The number of rotatable bonds is 2. The van der Waals surface area contributed by atoms with Crippen molar-refractivity contribution >= 4 is 18.3 Å². The number of hydrogen-bond donors (Lipinski definition) is 1. The van der Waals surface area contributed by atoms with Crippen LogP contribution in [-0.4, -0.2) is 43.6 Å². The third kappa shape index (κ3) is 3.36. The summed E-state index contributed by atoms with van der Waals surface area (Å²) >= 11 is 0. The Hall–Kier alpha value is -1.33. The first-order valence-electron chi connectivity index (χ1n) is 5.98. The van der Waals surface area contributed by atoms with E-state index in [0.717, 1.165) is 13.1 Å². The van der Waals surface area contributed by atoms with E-state index in [1.807, 2.05) is 6.92 Å². The third-order valence-electron chi connectivity index (χ3n) is 3.16. The van der Waals surface area contributed by atoms with Crippen LogP contribution in [0.3, 0.4) is 0 Å². The van der Waals surface area contributed by atoms with Gasteiger partial charge in [-0.1, -0.05) is 0 Å². The highest BCUT2D eigenvalue weighted by molar-refractivity contribution is 5.95. The number of methoxy groups -OCH3 is 1. The van der Waals surface area contributed by atoms with Crippen molar-refractivity contribution in [3.63, 3.8) is 0 Å². The molecule has 106 valence electrons. The molecule has 1 saturated heterocycles. The number of benzene rings is 1. The molecule has 1 heterocycles. The van der Waals surface area contributed by atoms with E-state index in [1.54, 1.807) is 4.90 Å². The molecule has 1 fully saturated rings. The van der Waals surface area contributed by atoms with E-state index in [4.69, 9.17) is 4.74 Å². The number of carbonyl (C=O) groups excluding carboxylic acids is 1. The van der Waals surface area contributed by atoms with Crippen molar-refractivity contribution in [3.05, 3.63) is 29.6 Å². The smallest absolute Gasteiger partial charge is 0.254 e. The van der Waals surface area contributed by atoms with E-state index in [9.17, 15) is 9.18 Å². The first-order chi connectivity index (χ1) is 8.63. The summed E-state index contributed by atoms with van der Waals surface area (Å²) in [5.74, 6) is -0.437. The summed E-state index contributed by atoms with van der Waals surface area (Å²) < 4.78 is 18.2. The molecule has 1 amide bonds. The normalized spacial score (nSPS) is 18.7. The maximum absolute atomic E-state index is 13.3. The molecule has 0 saturated carbocycles. The number of amides is 1. The van der Waals surface area contributed by atoms with Gasteiger partial charge in [0.25, 0.3) is 5.91 Å². The van der Waals surface area contributed by atoms with Crippen LogP contribution in [0, 0.1) is 5.82 Å². The molecule has 4 nitrogen and oxygen atoms in total. The number of nitrogens with one attached hydrogen (secondary N) is 1. The largest absolute Gasteiger partial charge is 0.494 e. The molecule has 2 rings (SSSR count). The van der Waals surface area contributed by atoms with Gasteiger partial charge in [-0.25, -0.2) is 4.39 Å². The van der Waals surface area contributed by atoms with Gasteiger partial charge in [-0.2, -0.15) is 0 Å². The van der Waals surface area contributed by atoms with Gasteiger partial charge in [0, 0.05) is 31.2 Å². The molecule has 6 heteroatoms. The first-order valence-corrected chi connectivity index (χ1v) is 5.98. The number of hydrogen-bond acceptors (Lipinski definition) is 3. The molecule has 1 aliphatic rings. The molecule has 1 N–H and O–H groups in total. The van der Waals surface area contributed by atoms with Crippen molar-refractivity contribution in [2.45, 2.75) is 13.0 Å². The summed E-state index contributed by atoms with van der Waals surface area (Å²) in [5.41, 5.74) is 0.460. The lowest BCUT2D eigenvalue weighted by molar-refractivity contribution is 0.0655. The third-order valence-corrected chi connectivity index (χ3v) is 3.16. The average Bonchev–Trinajstić information content (AvgIpc) is 2.39. The van der Waals surface area contributed by atoms with Crippen LogP contribution >= 0.6 is 12.4 Å². The second-order valence-electron chi connectivity index (χ2n) is 4.40. The minimum atomic E-state index is -0.456. The molecular weight excluding hydrogens is 271 g/mol. The van der Waals surface area contributed by atoms with E-state index in [1.165, 1.54) is 25.3 Å². The molecule has 0 spiro atoms. The molecule has 0 aliphatic carbocycles. The van der Waals surface area contributed by atoms with Gasteiger partial charge in [0.15, 0.2) is 11.6 Å². The Kier molecular flexibility index (Phi) is 5.57. The predicted octanol–water partition coefficient (Wildman–Crippen LogP) is 1.69. The minimum Gasteiger partial charge on any atom is -0.494 e. The highest BCUT2D eigenvalue weighted by atomic mass is 35.5. The van der Waals surface area contributed by atoms with Crippen LogP contribution in [0.5, 0.6) is 5.75 Å². The van der Waals surface area contributed by atoms with Gasteiger partial charge in [-0.05, 0) is 25.1 Å². The quantitative estimate of drug-likeness (QED) is 0.900. The van der Waals surface area contributed by atoms with Crippen LogP contribution in [0.2, 0.25) is 0 Å². The highest BCUT2D eigenvalue weighted by Crippen LogP contribution is 2.20. The fourth-order valence-electron chi connectivity index (χ4n) is 2.10. The molecule has 0 bridgehead atoms. The summed E-state index contributed by atoms with van der Waals surface area (Å²) in [6.07, 6.45) is 0. The summed E-state index contributed by atoms with van der Waals surface area (Å²) in [6.45, 7) is 4.23. The summed E-state index contributed by atoms with van der Waals surface area (Å²) in [6, 6.07) is 4.35. The highest BCUT2D eigenvalue weighted by Gasteiger charge is 2.24. The lowest BCUT2D eigenvalue weighted by Gasteiger charge is -2.34. The lowest BCUT2D eigenvalue weighted by atomic mass is 10.1. The molecular formula is C13H18ClFN2O2. The topological polar surface area (TPSA) is 41.6 Å². The van der Waals surface area contributed by atoms with E-state index in [0.29, 0.717) is 12.1 Å². The second kappa shape index (κ2) is 6.73. The molecule has 0 unspecified atom stereocenters. The molecule has 0 aromatic heterocycles. The number of nitrogens with zero attached hydrogens (tertiary/aromatic N) is 1. The maximum Gasteiger partial charge on any atom is 0.254 e. The standard InChI is InChI=1S/C13H17FN2O2.ClH/c1-9-8-15-5-6-16(9)13(17)10-3-4-11(14)12(7-10)18-2;/h3-4,7,9,15H,5-6,8H2,1-2H3;1H/t9-;/m1./s1. The Bertz CT molecular complexity index is 456. The van der Waals surface area contributed by atoms with Crippen LogP contribution in [-0.2, 0) is 0 Å². The maximum atomic E-state index is 13.3. The number of piperazine rings is 1. The molecule has 1 atom stereocenters. The number of ether oxygens (including phenoxy) is 1. The van der Waals surface area contributed by atoms with Gasteiger partial charge in [-0.3, -0.25) is 4.79 Å². The second-order valence-corrected chi connectivity index (χ2v) is 4.40. The van der Waals surface area contributed by atoms with Crippen molar-refractivity contribution in [1.82, 2.24) is 10.2 Å². The SMILES string of the molecule is COc1cc(C(=O)N2CCNC[C@H]2C)ccc1F.Cl. The number of halogens is 2. The molecule has 19 heavy (non-hydrogen) atoms. The monoisotopic (exact) mass is 288 g/mol. The van der Waals surface area contributed by atoms with E-state index in [-0.39, 0.29) is 30.1 Å². The van der Waals surface area contributed by atoms with Crippen molar-refractivity contribution in [2.75, 3.05) is 26.7 Å². The van der Waals surface area contributed by atoms with Crippen molar-refractivity contribution in [2.24, 2.45) is 0 Å². The molecule has 1 aliphatic heterocycles. The van der Waals surface area contributed by atoms with Crippen LogP contribution in [0.1, 0.15) is 17.3 Å². The fraction of sp³-hybridized carbons (Fsp3) is 0.462. The Balaban J connectivity index is 0.00000180. The van der Waals surface area contributed by atoms with Crippen molar-refractivity contribution in [3.8, 4) is 5.75 Å². The zero-order chi connectivity index (χ0) is 13.1. The van der Waals surface area contributed by atoms with E-state index < -0.39 is 5.82 Å². The Morgan fingerprint density at radius 1 is 1.53 bits per heavy atom. The average molecular weight is 289 g/mol. The van der Waals surface area contributed by atoms with Crippen LogP contribution in [0.4, 0.5) is 4.39 Å². The van der Waals surface area contributed by atoms with E-state index in [2.05, 4.69) is 5.32 Å². The molecule has 1 aromatic carbocycles. The van der Waals surface area contributed by atoms with Crippen LogP contribution < -0.4 is 10.1 Å². The van der Waals surface area contributed by atoms with Gasteiger partial charge < -0.3 is 15.0 Å². The van der Waals surface area contributed by atoms with Crippen molar-refractivity contribution in [1.29, 1.82) is 0 Å². The van der Waals surface area contributed by atoms with Crippen molar-refractivity contribution < 1.29 is 13.9 Å². The summed E-state index contributed by atoms with van der Waals surface area (Å²) in [7, 11) is 1.39. The minimum absolute atomic E-state index is 0. The predicted molar refractivity (Wildman–Crippen MR) is 73.6 cm³/mol. The van der Waals surface area contributed by atoms with Gasteiger partial charge in [0.2, 0.25) is 0 Å². The fourth-order valence-corrected chi connectivity index (χ4v) is 2.10. The Morgan fingerprint density at radius 2 is 2.26 bits per heavy atom. The number of carbonyl (C=O) groups is 1. The lowest BCUT2D eigenvalue weighted by Crippen LogP contribution is -2.52. The van der Waals surface area contributed by atoms with Gasteiger partial charge >= 0.3 is 0 Å². The van der Waals surface area contributed by atoms with Crippen LogP contribution in [0.25, 0.3) is 0 Å². The van der Waals surface area contributed by atoms with Gasteiger partial charge in [0.1, 0.15) is 0 Å². The van der Waals surface area contributed by atoms with E-state index >= 15 is 0 Å². The first kappa shape index (κ1) is 15.7. The summed E-state index contributed by atoms with van der Waals surface area (Å²) in [4.78, 5) is 14.1.